The zero-order valence-corrected chi connectivity index (χ0v) is 10.3. The van der Waals surface area contributed by atoms with Gasteiger partial charge in [0.15, 0.2) is 4.98 Å². The Bertz CT molecular complexity index is 637. The molecular formula is C15H13N2O+. The molecule has 0 fully saturated rings. The van der Waals surface area contributed by atoms with Crippen LogP contribution in [-0.2, 0) is 0 Å². The first-order chi connectivity index (χ1) is 8.61. The highest BCUT2D eigenvalue weighted by Gasteiger charge is 2.21. The van der Waals surface area contributed by atoms with Crippen molar-refractivity contribution in [2.24, 2.45) is 0 Å². The summed E-state index contributed by atoms with van der Waals surface area (Å²) < 4.78 is 0. The molecule has 0 saturated heterocycles. The van der Waals surface area contributed by atoms with Gasteiger partial charge in [0.2, 0.25) is 11.2 Å². The quantitative estimate of drug-likeness (QED) is 0.585. The molecule has 0 saturated carbocycles. The molecule has 3 nitrogen and oxygen atoms in total. The van der Waals surface area contributed by atoms with Crippen molar-refractivity contribution in [2.45, 2.75) is 13.8 Å². The van der Waals surface area contributed by atoms with E-state index in [0.29, 0.717) is 16.8 Å². The Balaban J connectivity index is 2.46. The summed E-state index contributed by atoms with van der Waals surface area (Å²) in [5.74, 6) is -0.136. The normalized spacial score (nSPS) is 9.83. The fourth-order valence-electron chi connectivity index (χ4n) is 1.78. The summed E-state index contributed by atoms with van der Waals surface area (Å²) in [6.07, 6.45) is 0. The van der Waals surface area contributed by atoms with E-state index in [2.05, 4.69) is 4.98 Å². The zero-order chi connectivity index (χ0) is 13.1. The van der Waals surface area contributed by atoms with E-state index in [-0.39, 0.29) is 5.78 Å². The van der Waals surface area contributed by atoms with E-state index >= 15 is 0 Å². The average Bonchev–Trinajstić information content (AvgIpc) is 2.38. The lowest BCUT2D eigenvalue weighted by Gasteiger charge is -2.00. The van der Waals surface area contributed by atoms with Gasteiger partial charge in [0, 0.05) is 11.6 Å². The van der Waals surface area contributed by atoms with Crippen LogP contribution in [0.15, 0.2) is 42.5 Å². The summed E-state index contributed by atoms with van der Waals surface area (Å²) in [4.78, 5) is 15.5. The Morgan fingerprint density at radius 1 is 1.00 bits per heavy atom. The van der Waals surface area contributed by atoms with Crippen LogP contribution in [0.3, 0.4) is 0 Å². The van der Waals surface area contributed by atoms with E-state index in [9.17, 15) is 4.79 Å². The van der Waals surface area contributed by atoms with Crippen molar-refractivity contribution in [3.8, 4) is 0 Å². The number of carbonyl (C=O) groups is 1. The Hall–Kier alpha value is -2.47. The van der Waals surface area contributed by atoms with Crippen molar-refractivity contribution in [1.29, 1.82) is 5.39 Å². The maximum atomic E-state index is 12.3. The Morgan fingerprint density at radius 3 is 2.22 bits per heavy atom. The van der Waals surface area contributed by atoms with Gasteiger partial charge in [-0.05, 0) is 25.5 Å². The molecule has 2 aromatic carbocycles. The van der Waals surface area contributed by atoms with Crippen molar-refractivity contribution in [2.75, 3.05) is 0 Å². The Morgan fingerprint density at radius 2 is 1.61 bits per heavy atom. The van der Waals surface area contributed by atoms with Crippen LogP contribution in [0.5, 0.6) is 0 Å². The number of diazo groups is 1. The third-order valence-electron chi connectivity index (χ3n) is 2.82. The molecule has 0 aliphatic rings. The second-order valence-corrected chi connectivity index (χ2v) is 4.32. The molecule has 0 N–H and O–H groups in total. The number of rotatable bonds is 2. The second-order valence-electron chi connectivity index (χ2n) is 4.32. The molecule has 0 aliphatic carbocycles. The van der Waals surface area contributed by atoms with Gasteiger partial charge in [-0.25, -0.2) is 0 Å². The molecule has 0 unspecified atom stereocenters. The van der Waals surface area contributed by atoms with E-state index in [1.54, 1.807) is 24.3 Å². The summed E-state index contributed by atoms with van der Waals surface area (Å²) in [6.45, 7) is 3.85. The number of ketones is 1. The summed E-state index contributed by atoms with van der Waals surface area (Å²) in [5.41, 5.74) is 3.35. The van der Waals surface area contributed by atoms with Crippen LogP contribution in [0.2, 0.25) is 0 Å². The van der Waals surface area contributed by atoms with Gasteiger partial charge in [-0.1, -0.05) is 35.9 Å². The number of aryl methyl sites for hydroxylation is 2. The molecule has 2 rings (SSSR count). The van der Waals surface area contributed by atoms with E-state index in [4.69, 9.17) is 5.39 Å². The van der Waals surface area contributed by atoms with Crippen LogP contribution in [0.25, 0.3) is 4.98 Å². The average molecular weight is 237 g/mol. The van der Waals surface area contributed by atoms with Crippen LogP contribution in [0.4, 0.5) is 5.69 Å². The van der Waals surface area contributed by atoms with Crippen molar-refractivity contribution >= 4 is 11.5 Å². The SMILES string of the molecule is Cc1ccc(C(=O)c2ccc(C)cc2[N+]#N)cc1. The molecule has 0 spiro atoms. The molecule has 0 heterocycles. The molecule has 0 aliphatic heterocycles. The van der Waals surface area contributed by atoms with Gasteiger partial charge >= 0.3 is 5.69 Å². The third kappa shape index (κ3) is 2.28. The smallest absolute Gasteiger partial charge is 0.288 e. The first kappa shape index (κ1) is 12.0. The van der Waals surface area contributed by atoms with Crippen molar-refractivity contribution in [1.82, 2.24) is 0 Å². The van der Waals surface area contributed by atoms with Crippen LogP contribution < -0.4 is 0 Å². The maximum Gasteiger partial charge on any atom is 0.396 e. The van der Waals surface area contributed by atoms with E-state index in [0.717, 1.165) is 11.1 Å². The van der Waals surface area contributed by atoms with Crippen molar-refractivity contribution in [3.63, 3.8) is 0 Å². The molecule has 2 aromatic rings. The zero-order valence-electron chi connectivity index (χ0n) is 10.3. The summed E-state index contributed by atoms with van der Waals surface area (Å²) >= 11 is 0. The van der Waals surface area contributed by atoms with Gasteiger partial charge in [0.05, 0.1) is 0 Å². The number of benzene rings is 2. The van der Waals surface area contributed by atoms with Gasteiger partial charge in [0.1, 0.15) is 5.56 Å². The van der Waals surface area contributed by atoms with Crippen LogP contribution in [-0.4, -0.2) is 5.78 Å². The standard InChI is InChI=1S/C15H13N2O/c1-10-3-6-12(7-4-10)15(18)13-8-5-11(2)9-14(13)17-16/h3-9H,1-2H3/q+1. The van der Waals surface area contributed by atoms with E-state index in [1.807, 2.05) is 32.0 Å². The predicted molar refractivity (Wildman–Crippen MR) is 70.5 cm³/mol. The number of hydrogen-bond acceptors (Lipinski definition) is 2. The fraction of sp³-hybridized carbons (Fsp3) is 0.133. The molecule has 0 amide bonds. The molecule has 0 radical (unpaired) electrons. The third-order valence-corrected chi connectivity index (χ3v) is 2.82. The Labute approximate surface area is 106 Å². The molecular weight excluding hydrogens is 224 g/mol. The highest BCUT2D eigenvalue weighted by Crippen LogP contribution is 2.23. The second kappa shape index (κ2) is 4.80. The molecule has 88 valence electrons. The van der Waals surface area contributed by atoms with Crippen molar-refractivity contribution in [3.05, 3.63) is 69.7 Å². The minimum Gasteiger partial charge on any atom is -0.288 e. The lowest BCUT2D eigenvalue weighted by atomic mass is 10.00. The van der Waals surface area contributed by atoms with E-state index < -0.39 is 0 Å². The van der Waals surface area contributed by atoms with Gasteiger partial charge < -0.3 is 0 Å². The minimum atomic E-state index is -0.136. The van der Waals surface area contributed by atoms with E-state index in [1.165, 1.54) is 0 Å². The summed E-state index contributed by atoms with van der Waals surface area (Å²) in [7, 11) is 0. The predicted octanol–water partition coefficient (Wildman–Crippen LogP) is 4.02. The largest absolute Gasteiger partial charge is 0.396 e. The highest BCUT2D eigenvalue weighted by atomic mass is 16.1. The van der Waals surface area contributed by atoms with Gasteiger partial charge in [-0.2, -0.15) is 0 Å². The topological polar surface area (TPSA) is 45.2 Å². The molecule has 0 atom stereocenters. The number of nitrogens with zero attached hydrogens (tertiary/aromatic N) is 2. The lowest BCUT2D eigenvalue weighted by Crippen LogP contribution is -2.01. The fourth-order valence-corrected chi connectivity index (χ4v) is 1.78. The van der Waals surface area contributed by atoms with Crippen LogP contribution >= 0.6 is 0 Å². The molecule has 0 bridgehead atoms. The maximum absolute atomic E-state index is 12.3. The molecule has 18 heavy (non-hydrogen) atoms. The number of carbonyl (C=O) groups excluding carboxylic acids is 1. The lowest BCUT2D eigenvalue weighted by molar-refractivity contribution is 0.103. The van der Waals surface area contributed by atoms with Gasteiger partial charge in [-0.3, -0.25) is 4.79 Å². The molecule has 0 aromatic heterocycles. The number of hydrogen-bond donors (Lipinski definition) is 0. The minimum absolute atomic E-state index is 0.136. The summed E-state index contributed by atoms with van der Waals surface area (Å²) in [5, 5.41) is 8.96. The highest BCUT2D eigenvalue weighted by molar-refractivity contribution is 6.12. The van der Waals surface area contributed by atoms with Crippen LogP contribution in [0, 0.1) is 19.2 Å². The Kier molecular flexibility index (Phi) is 3.20. The monoisotopic (exact) mass is 237 g/mol. The summed E-state index contributed by atoms with van der Waals surface area (Å²) in [6, 6.07) is 12.5. The van der Waals surface area contributed by atoms with Crippen LogP contribution in [0.1, 0.15) is 27.0 Å². The first-order valence-corrected chi connectivity index (χ1v) is 5.69. The van der Waals surface area contributed by atoms with Crippen molar-refractivity contribution < 1.29 is 4.79 Å². The van der Waals surface area contributed by atoms with Gasteiger partial charge in [0.25, 0.3) is 0 Å². The van der Waals surface area contributed by atoms with Gasteiger partial charge in [-0.15, -0.1) is 0 Å². The first-order valence-electron chi connectivity index (χ1n) is 5.69. The molecule has 3 heteroatoms.